The Morgan fingerprint density at radius 2 is 2.00 bits per heavy atom. The topological polar surface area (TPSA) is 58.6 Å². The summed E-state index contributed by atoms with van der Waals surface area (Å²) in [5.41, 5.74) is 1.09. The average molecular weight is 522 g/mol. The summed E-state index contributed by atoms with van der Waals surface area (Å²) in [5, 5.41) is 2.56. The lowest BCUT2D eigenvalue weighted by Gasteiger charge is -2.27. The van der Waals surface area contributed by atoms with Crippen molar-refractivity contribution in [3.8, 4) is 5.75 Å². The third kappa shape index (κ3) is 4.88. The highest BCUT2D eigenvalue weighted by molar-refractivity contribution is 14.1. The van der Waals surface area contributed by atoms with E-state index >= 15 is 0 Å². The molecule has 1 aliphatic heterocycles. The number of benzene rings is 2. The fourth-order valence-electron chi connectivity index (χ4n) is 2.65. The minimum Gasteiger partial charge on any atom is -0.488 e. The Hall–Kier alpha value is -2.59. The number of carbonyl (C=O) groups is 2. The maximum absolute atomic E-state index is 13.7. The number of nitrogens with zero attached hydrogens (tertiary/aromatic N) is 1. The predicted octanol–water partition coefficient (Wildman–Crippen LogP) is 3.82. The minimum absolute atomic E-state index is 0.0173. The number of halogens is 2. The van der Waals surface area contributed by atoms with Crippen molar-refractivity contribution >= 4 is 57.8 Å². The van der Waals surface area contributed by atoms with Crippen LogP contribution in [0.4, 0.5) is 4.39 Å². The molecule has 29 heavy (non-hydrogen) atoms. The van der Waals surface area contributed by atoms with E-state index in [1.807, 2.05) is 0 Å². The lowest BCUT2D eigenvalue weighted by molar-refractivity contribution is -0.128. The highest BCUT2D eigenvalue weighted by atomic mass is 127. The van der Waals surface area contributed by atoms with Crippen LogP contribution in [0, 0.1) is 9.39 Å². The van der Waals surface area contributed by atoms with Gasteiger partial charge in [-0.2, -0.15) is 0 Å². The van der Waals surface area contributed by atoms with Crippen LogP contribution in [0.25, 0.3) is 6.08 Å². The summed E-state index contributed by atoms with van der Waals surface area (Å²) in [6, 6.07) is 11.6. The summed E-state index contributed by atoms with van der Waals surface area (Å²) in [6.45, 7) is 3.89. The van der Waals surface area contributed by atoms with Gasteiger partial charge in [0.15, 0.2) is 5.11 Å². The summed E-state index contributed by atoms with van der Waals surface area (Å²) in [4.78, 5) is 26.1. The van der Waals surface area contributed by atoms with Crippen LogP contribution in [0.2, 0.25) is 0 Å². The number of amides is 2. The van der Waals surface area contributed by atoms with Gasteiger partial charge in [-0.1, -0.05) is 30.3 Å². The molecule has 0 saturated carbocycles. The third-order valence-electron chi connectivity index (χ3n) is 4.11. The second-order valence-electron chi connectivity index (χ2n) is 6.09. The zero-order valence-corrected chi connectivity index (χ0v) is 18.1. The molecular weight excluding hydrogens is 506 g/mol. The molecule has 2 aromatic carbocycles. The van der Waals surface area contributed by atoms with Crippen LogP contribution in [0.15, 0.2) is 60.7 Å². The van der Waals surface area contributed by atoms with Gasteiger partial charge in [-0.15, -0.1) is 6.58 Å². The summed E-state index contributed by atoms with van der Waals surface area (Å²) < 4.78 is 20.2. The van der Waals surface area contributed by atoms with Gasteiger partial charge < -0.3 is 4.74 Å². The average Bonchev–Trinajstić information content (AvgIpc) is 2.69. The molecule has 0 atom stereocenters. The van der Waals surface area contributed by atoms with E-state index in [1.54, 1.807) is 36.4 Å². The molecule has 1 N–H and O–H groups in total. The Labute approximate surface area is 186 Å². The van der Waals surface area contributed by atoms with E-state index in [0.717, 1.165) is 3.57 Å². The van der Waals surface area contributed by atoms with Gasteiger partial charge >= 0.3 is 0 Å². The first-order valence-electron chi connectivity index (χ1n) is 8.56. The van der Waals surface area contributed by atoms with E-state index in [4.69, 9.17) is 17.0 Å². The summed E-state index contributed by atoms with van der Waals surface area (Å²) in [6.07, 6.45) is 3.03. The van der Waals surface area contributed by atoms with Gasteiger partial charge in [0.25, 0.3) is 11.8 Å². The highest BCUT2D eigenvalue weighted by Gasteiger charge is 2.32. The molecule has 2 amide bonds. The molecule has 2 aromatic rings. The normalized spacial score (nSPS) is 15.4. The molecule has 0 bridgehead atoms. The van der Waals surface area contributed by atoms with Crippen molar-refractivity contribution in [3.63, 3.8) is 0 Å². The van der Waals surface area contributed by atoms with Crippen LogP contribution in [0.5, 0.6) is 5.75 Å². The number of rotatable bonds is 6. The molecular formula is C21H16FIN2O3S. The summed E-state index contributed by atoms with van der Waals surface area (Å²) in [7, 11) is 0. The van der Waals surface area contributed by atoms with Gasteiger partial charge in [-0.25, -0.2) is 4.39 Å². The van der Waals surface area contributed by atoms with E-state index in [-0.39, 0.29) is 29.7 Å². The molecule has 1 fully saturated rings. The van der Waals surface area contributed by atoms with Gasteiger partial charge in [0.1, 0.15) is 23.7 Å². The van der Waals surface area contributed by atoms with Crippen LogP contribution in [0.3, 0.4) is 0 Å². The van der Waals surface area contributed by atoms with Crippen molar-refractivity contribution in [2.45, 2.75) is 6.61 Å². The summed E-state index contributed by atoms with van der Waals surface area (Å²) >= 11 is 7.12. The molecule has 0 radical (unpaired) electrons. The van der Waals surface area contributed by atoms with Crippen LogP contribution < -0.4 is 10.1 Å². The van der Waals surface area contributed by atoms with Crippen LogP contribution in [-0.4, -0.2) is 28.4 Å². The Morgan fingerprint density at radius 1 is 1.24 bits per heavy atom. The number of hydrogen-bond donors (Lipinski definition) is 1. The van der Waals surface area contributed by atoms with E-state index in [0.29, 0.717) is 16.9 Å². The Bertz CT molecular complexity index is 1040. The molecule has 1 aliphatic rings. The quantitative estimate of drug-likeness (QED) is 0.206. The maximum atomic E-state index is 13.7. The van der Waals surface area contributed by atoms with E-state index < -0.39 is 11.8 Å². The maximum Gasteiger partial charge on any atom is 0.265 e. The first kappa shape index (κ1) is 21.1. The largest absolute Gasteiger partial charge is 0.488 e. The van der Waals surface area contributed by atoms with Gasteiger partial charge in [0, 0.05) is 12.1 Å². The molecule has 8 heteroatoms. The van der Waals surface area contributed by atoms with Crippen molar-refractivity contribution in [1.29, 1.82) is 0 Å². The summed E-state index contributed by atoms with van der Waals surface area (Å²) in [5.74, 6) is -0.777. The second kappa shape index (κ2) is 9.27. The van der Waals surface area contributed by atoms with Crippen molar-refractivity contribution in [2.75, 3.05) is 6.54 Å². The van der Waals surface area contributed by atoms with Gasteiger partial charge in [0.05, 0.1) is 3.57 Å². The first-order chi connectivity index (χ1) is 13.9. The first-order valence-corrected chi connectivity index (χ1v) is 10.0. The van der Waals surface area contributed by atoms with E-state index in [1.165, 1.54) is 23.1 Å². The highest BCUT2D eigenvalue weighted by Crippen LogP contribution is 2.25. The Morgan fingerprint density at radius 3 is 2.69 bits per heavy atom. The fraction of sp³-hybridized carbons (Fsp3) is 0.0952. The smallest absolute Gasteiger partial charge is 0.265 e. The molecule has 0 aliphatic carbocycles. The zero-order valence-electron chi connectivity index (χ0n) is 15.2. The fourth-order valence-corrected chi connectivity index (χ4v) is 3.60. The standard InChI is InChI=1S/C21H16FIN2O3S/c1-2-9-25-20(27)15(19(26)24-21(25)29)10-13-7-8-18(17(23)11-13)28-12-14-5-3-4-6-16(14)22/h2-8,10-11H,1,9,12H2,(H,24,26,29)/b15-10+. The third-order valence-corrected chi connectivity index (χ3v) is 5.27. The van der Waals surface area contributed by atoms with Gasteiger partial charge in [-0.3, -0.25) is 19.8 Å². The molecule has 1 heterocycles. The van der Waals surface area contributed by atoms with Crippen molar-refractivity contribution < 1.29 is 18.7 Å². The van der Waals surface area contributed by atoms with Crippen molar-refractivity contribution in [2.24, 2.45) is 0 Å². The molecule has 5 nitrogen and oxygen atoms in total. The molecule has 0 spiro atoms. The van der Waals surface area contributed by atoms with Crippen LogP contribution in [-0.2, 0) is 16.2 Å². The lowest BCUT2D eigenvalue weighted by atomic mass is 10.1. The van der Waals surface area contributed by atoms with Gasteiger partial charge in [0.2, 0.25) is 0 Å². The zero-order chi connectivity index (χ0) is 21.0. The molecule has 0 unspecified atom stereocenters. The van der Waals surface area contributed by atoms with Crippen LogP contribution in [0.1, 0.15) is 11.1 Å². The van der Waals surface area contributed by atoms with E-state index in [2.05, 4.69) is 34.5 Å². The molecule has 3 rings (SSSR count). The van der Waals surface area contributed by atoms with Gasteiger partial charge in [-0.05, 0) is 64.6 Å². The SMILES string of the molecule is C=CCN1C(=O)/C(=C/c2ccc(OCc3ccccc3F)c(I)c2)C(=O)NC1=S. The monoisotopic (exact) mass is 522 g/mol. The van der Waals surface area contributed by atoms with Crippen LogP contribution >= 0.6 is 34.8 Å². The lowest BCUT2D eigenvalue weighted by Crippen LogP contribution is -2.53. The minimum atomic E-state index is -0.546. The van der Waals surface area contributed by atoms with E-state index in [9.17, 15) is 14.0 Å². The number of carbonyl (C=O) groups excluding carboxylic acids is 2. The number of ether oxygens (including phenoxy) is 1. The predicted molar refractivity (Wildman–Crippen MR) is 121 cm³/mol. The second-order valence-corrected chi connectivity index (χ2v) is 7.64. The number of nitrogens with one attached hydrogen (secondary N) is 1. The Kier molecular flexibility index (Phi) is 6.75. The molecule has 148 valence electrons. The number of hydrogen-bond acceptors (Lipinski definition) is 4. The van der Waals surface area contributed by atoms with Crippen molar-refractivity contribution in [1.82, 2.24) is 10.2 Å². The Balaban J connectivity index is 1.79. The number of thiocarbonyl (C=S) groups is 1. The molecule has 1 saturated heterocycles. The van der Waals surface area contributed by atoms with Crippen molar-refractivity contribution in [3.05, 3.63) is 81.2 Å². The molecule has 0 aromatic heterocycles.